The number of hydrogen-bond acceptors (Lipinski definition) is 5. The second kappa shape index (κ2) is 8.41. The number of methoxy groups -OCH3 is 1. The lowest BCUT2D eigenvalue weighted by molar-refractivity contribution is -0.134. The minimum atomic E-state index is -0.282. The lowest BCUT2D eigenvalue weighted by atomic mass is 10.1. The van der Waals surface area contributed by atoms with E-state index in [-0.39, 0.29) is 5.97 Å². The smallest absolute Gasteiger partial charge is 0.311 e. The Morgan fingerprint density at radius 2 is 1.93 bits per heavy atom. The van der Waals surface area contributed by atoms with Crippen molar-refractivity contribution in [1.29, 1.82) is 5.26 Å². The van der Waals surface area contributed by atoms with Gasteiger partial charge in [0.1, 0.15) is 17.1 Å². The number of benzene rings is 2. The van der Waals surface area contributed by atoms with E-state index in [1.54, 1.807) is 25.3 Å². The maximum absolute atomic E-state index is 12.0. The standard InChI is InChI=1S/C22H21NO4/c1-3-4-21(24)27-22-18-11-7-16(14-23)13-20(18)26-19(22)12-8-15-5-9-17(25-2)10-6-15/h5-7,9-11,13H,3-4,8,12H2,1-2H3. The molecule has 2 aromatic carbocycles. The van der Waals surface area contributed by atoms with Crippen LogP contribution in [0.4, 0.5) is 0 Å². The van der Waals surface area contributed by atoms with Crippen molar-refractivity contribution in [2.45, 2.75) is 32.6 Å². The molecule has 3 rings (SSSR count). The average Bonchev–Trinajstić information content (AvgIpc) is 3.03. The van der Waals surface area contributed by atoms with Crippen LogP contribution in [0.15, 0.2) is 46.9 Å². The van der Waals surface area contributed by atoms with Crippen LogP contribution in [0.1, 0.15) is 36.7 Å². The summed E-state index contributed by atoms with van der Waals surface area (Å²) in [6.07, 6.45) is 2.38. The third kappa shape index (κ3) is 4.29. The molecule has 0 amide bonds. The molecule has 0 spiro atoms. The van der Waals surface area contributed by atoms with Crippen LogP contribution in [0.25, 0.3) is 11.0 Å². The van der Waals surface area contributed by atoms with Crippen LogP contribution in [-0.4, -0.2) is 13.1 Å². The Bertz CT molecular complexity index is 980. The number of rotatable bonds is 7. The van der Waals surface area contributed by atoms with Gasteiger partial charge in [-0.25, -0.2) is 0 Å². The van der Waals surface area contributed by atoms with Crippen LogP contribution in [0.2, 0.25) is 0 Å². The van der Waals surface area contributed by atoms with Crippen LogP contribution in [0, 0.1) is 11.3 Å². The molecule has 3 aromatic rings. The highest BCUT2D eigenvalue weighted by molar-refractivity contribution is 5.89. The van der Waals surface area contributed by atoms with E-state index in [9.17, 15) is 4.79 Å². The van der Waals surface area contributed by atoms with E-state index in [1.165, 1.54) is 0 Å². The molecule has 0 saturated carbocycles. The highest BCUT2D eigenvalue weighted by atomic mass is 16.5. The molecule has 27 heavy (non-hydrogen) atoms. The van der Waals surface area contributed by atoms with Gasteiger partial charge in [-0.15, -0.1) is 0 Å². The van der Waals surface area contributed by atoms with Crippen molar-refractivity contribution in [3.63, 3.8) is 0 Å². The summed E-state index contributed by atoms with van der Waals surface area (Å²) >= 11 is 0. The summed E-state index contributed by atoms with van der Waals surface area (Å²) in [5, 5.41) is 9.81. The van der Waals surface area contributed by atoms with Crippen LogP contribution in [0.5, 0.6) is 11.5 Å². The highest BCUT2D eigenvalue weighted by Gasteiger charge is 2.19. The molecule has 0 aliphatic carbocycles. The van der Waals surface area contributed by atoms with Crippen LogP contribution >= 0.6 is 0 Å². The topological polar surface area (TPSA) is 72.5 Å². The number of carbonyl (C=O) groups is 1. The maximum atomic E-state index is 12.0. The number of esters is 1. The van der Waals surface area contributed by atoms with Gasteiger partial charge < -0.3 is 13.9 Å². The van der Waals surface area contributed by atoms with Gasteiger partial charge in [0.25, 0.3) is 0 Å². The molecule has 0 N–H and O–H groups in total. The maximum Gasteiger partial charge on any atom is 0.311 e. The molecule has 0 aliphatic rings. The Hall–Kier alpha value is -3.26. The summed E-state index contributed by atoms with van der Waals surface area (Å²) in [5.74, 6) is 1.60. The molecule has 0 saturated heterocycles. The Morgan fingerprint density at radius 1 is 1.15 bits per heavy atom. The van der Waals surface area contributed by atoms with Gasteiger partial charge in [-0.2, -0.15) is 5.26 Å². The van der Waals surface area contributed by atoms with E-state index < -0.39 is 0 Å². The number of nitriles is 1. The lowest BCUT2D eigenvalue weighted by Gasteiger charge is -2.06. The van der Waals surface area contributed by atoms with E-state index in [1.807, 2.05) is 31.2 Å². The van der Waals surface area contributed by atoms with Crippen molar-refractivity contribution in [3.05, 3.63) is 59.4 Å². The third-order valence-corrected chi connectivity index (χ3v) is 4.31. The van der Waals surface area contributed by atoms with Gasteiger partial charge in [-0.1, -0.05) is 19.1 Å². The molecule has 0 aliphatic heterocycles. The number of nitrogens with zero attached hydrogens (tertiary/aromatic N) is 1. The second-order valence-electron chi connectivity index (χ2n) is 6.25. The van der Waals surface area contributed by atoms with Crippen molar-refractivity contribution in [1.82, 2.24) is 0 Å². The number of furan rings is 1. The number of fused-ring (bicyclic) bond motifs is 1. The van der Waals surface area contributed by atoms with Crippen molar-refractivity contribution in [3.8, 4) is 17.6 Å². The Balaban J connectivity index is 1.89. The average molecular weight is 363 g/mol. The van der Waals surface area contributed by atoms with E-state index in [4.69, 9.17) is 19.2 Å². The zero-order valence-electron chi connectivity index (χ0n) is 15.5. The van der Waals surface area contributed by atoms with E-state index >= 15 is 0 Å². The summed E-state index contributed by atoms with van der Waals surface area (Å²) in [6.45, 7) is 1.93. The van der Waals surface area contributed by atoms with Crippen molar-refractivity contribution in [2.75, 3.05) is 7.11 Å². The first-order chi connectivity index (χ1) is 13.1. The van der Waals surface area contributed by atoms with Crippen LogP contribution in [0.3, 0.4) is 0 Å². The molecule has 0 unspecified atom stereocenters. The van der Waals surface area contributed by atoms with Gasteiger partial charge in [-0.05, 0) is 48.7 Å². The molecule has 0 bridgehead atoms. The predicted octanol–water partition coefficient (Wildman–Crippen LogP) is 4.80. The molecule has 1 heterocycles. The zero-order valence-corrected chi connectivity index (χ0v) is 15.5. The first kappa shape index (κ1) is 18.5. The monoisotopic (exact) mass is 363 g/mol. The summed E-state index contributed by atoms with van der Waals surface area (Å²) in [4.78, 5) is 12.0. The van der Waals surface area contributed by atoms with Gasteiger partial charge in [0.2, 0.25) is 0 Å². The van der Waals surface area contributed by atoms with Gasteiger partial charge in [0.05, 0.1) is 24.1 Å². The lowest BCUT2D eigenvalue weighted by Crippen LogP contribution is -2.08. The normalized spacial score (nSPS) is 10.6. The molecule has 5 nitrogen and oxygen atoms in total. The van der Waals surface area contributed by atoms with Crippen molar-refractivity contribution in [2.24, 2.45) is 0 Å². The zero-order chi connectivity index (χ0) is 19.2. The number of aryl methyl sites for hydroxylation is 2. The summed E-state index contributed by atoms with van der Waals surface area (Å²) in [7, 11) is 1.63. The molecule has 1 aromatic heterocycles. The third-order valence-electron chi connectivity index (χ3n) is 4.31. The van der Waals surface area contributed by atoms with Crippen LogP contribution in [-0.2, 0) is 17.6 Å². The first-order valence-corrected chi connectivity index (χ1v) is 8.93. The fourth-order valence-electron chi connectivity index (χ4n) is 2.89. The first-order valence-electron chi connectivity index (χ1n) is 8.93. The molecule has 0 radical (unpaired) electrons. The second-order valence-corrected chi connectivity index (χ2v) is 6.25. The van der Waals surface area contributed by atoms with Crippen LogP contribution < -0.4 is 9.47 Å². The van der Waals surface area contributed by atoms with Crippen molar-refractivity contribution >= 4 is 16.9 Å². The molecule has 5 heteroatoms. The molecule has 0 atom stereocenters. The number of ether oxygens (including phenoxy) is 2. The SMILES string of the molecule is CCCC(=O)Oc1c(CCc2ccc(OC)cc2)oc2cc(C#N)ccc12. The fraction of sp³-hybridized carbons (Fsp3) is 0.273. The van der Waals surface area contributed by atoms with Gasteiger partial charge in [0, 0.05) is 12.8 Å². The van der Waals surface area contributed by atoms with Gasteiger partial charge >= 0.3 is 5.97 Å². The minimum Gasteiger partial charge on any atom is -0.497 e. The van der Waals surface area contributed by atoms with E-state index in [2.05, 4.69) is 6.07 Å². The number of carbonyl (C=O) groups excluding carboxylic acids is 1. The van der Waals surface area contributed by atoms with Gasteiger partial charge in [0.15, 0.2) is 5.75 Å². The van der Waals surface area contributed by atoms with E-state index in [0.29, 0.717) is 47.3 Å². The van der Waals surface area contributed by atoms with E-state index in [0.717, 1.165) is 17.7 Å². The Labute approximate surface area is 158 Å². The number of hydrogen-bond donors (Lipinski definition) is 0. The Morgan fingerprint density at radius 3 is 2.59 bits per heavy atom. The Kier molecular flexibility index (Phi) is 5.77. The molecular formula is C22H21NO4. The fourth-order valence-corrected chi connectivity index (χ4v) is 2.89. The molecule has 0 fully saturated rings. The molecule has 138 valence electrons. The summed E-state index contributed by atoms with van der Waals surface area (Å²) in [6, 6.07) is 15.1. The van der Waals surface area contributed by atoms with Gasteiger partial charge in [-0.3, -0.25) is 4.79 Å². The van der Waals surface area contributed by atoms with Crippen molar-refractivity contribution < 1.29 is 18.7 Å². The summed E-state index contributed by atoms with van der Waals surface area (Å²) < 4.78 is 16.7. The predicted molar refractivity (Wildman–Crippen MR) is 102 cm³/mol. The summed E-state index contributed by atoms with van der Waals surface area (Å²) in [5.41, 5.74) is 2.18. The minimum absolute atomic E-state index is 0.282. The largest absolute Gasteiger partial charge is 0.497 e. The molecular weight excluding hydrogens is 342 g/mol. The quantitative estimate of drug-likeness (QED) is 0.564. The highest BCUT2D eigenvalue weighted by Crippen LogP contribution is 2.35.